The Labute approximate surface area is 220 Å². The van der Waals surface area contributed by atoms with E-state index in [9.17, 15) is 10.1 Å². The summed E-state index contributed by atoms with van der Waals surface area (Å²) in [5, 5.41) is 14.6. The molecule has 2 aliphatic carbocycles. The second-order valence-electron chi connectivity index (χ2n) is 10.0. The van der Waals surface area contributed by atoms with Crippen LogP contribution >= 0.6 is 11.6 Å². The van der Waals surface area contributed by atoms with Gasteiger partial charge < -0.3 is 9.30 Å². The van der Waals surface area contributed by atoms with Gasteiger partial charge in [0.05, 0.1) is 27.5 Å². The minimum Gasteiger partial charge on any atom is -0.446 e. The monoisotopic (exact) mass is 510 g/mol. The largest absolute Gasteiger partial charge is 0.446 e. The second-order valence-corrected chi connectivity index (χ2v) is 10.5. The van der Waals surface area contributed by atoms with Crippen LogP contribution in [0.1, 0.15) is 50.6 Å². The summed E-state index contributed by atoms with van der Waals surface area (Å²) in [5.74, 6) is 0.488. The van der Waals surface area contributed by atoms with Crippen molar-refractivity contribution in [3.63, 3.8) is 0 Å². The summed E-state index contributed by atoms with van der Waals surface area (Å²) in [5.41, 5.74) is 6.04. The number of halogens is 1. The molecular weight excluding hydrogens is 484 g/mol. The van der Waals surface area contributed by atoms with Crippen LogP contribution in [-0.2, 0) is 4.74 Å². The van der Waals surface area contributed by atoms with Crippen LogP contribution in [0, 0.1) is 17.2 Å². The number of nitrogens with zero attached hydrogens (tertiary/aromatic N) is 3. The van der Waals surface area contributed by atoms with E-state index >= 15 is 0 Å². The van der Waals surface area contributed by atoms with Crippen molar-refractivity contribution in [1.82, 2.24) is 9.55 Å². The minimum absolute atomic E-state index is 0.0661. The van der Waals surface area contributed by atoms with Gasteiger partial charge in [0.15, 0.2) is 0 Å². The van der Waals surface area contributed by atoms with E-state index in [1.165, 1.54) is 6.42 Å². The lowest BCUT2D eigenvalue weighted by Crippen LogP contribution is -2.21. The first-order valence-electron chi connectivity index (χ1n) is 12.8. The molecule has 37 heavy (non-hydrogen) atoms. The second kappa shape index (κ2) is 9.57. The summed E-state index contributed by atoms with van der Waals surface area (Å²) in [7, 11) is 0. The van der Waals surface area contributed by atoms with Crippen molar-refractivity contribution < 1.29 is 9.53 Å². The Hall–Kier alpha value is -3.82. The van der Waals surface area contributed by atoms with Gasteiger partial charge in [0, 0.05) is 28.9 Å². The van der Waals surface area contributed by atoms with Crippen LogP contribution in [0.25, 0.3) is 33.4 Å². The molecule has 2 saturated carbocycles. The molecule has 1 atom stereocenters. The highest BCUT2D eigenvalue weighted by Gasteiger charge is 2.31. The third-order valence-electron chi connectivity index (χ3n) is 7.56. The average molecular weight is 511 g/mol. The Morgan fingerprint density at radius 1 is 1.11 bits per heavy atom. The van der Waals surface area contributed by atoms with Crippen molar-refractivity contribution in [3.8, 4) is 28.6 Å². The molecule has 0 aliphatic heterocycles. The molecule has 186 valence electrons. The molecule has 2 heterocycles. The Bertz CT molecular complexity index is 1510. The van der Waals surface area contributed by atoms with Crippen molar-refractivity contribution in [3.05, 3.63) is 71.4 Å². The van der Waals surface area contributed by atoms with Gasteiger partial charge in [-0.1, -0.05) is 35.9 Å². The number of carbonyl (C=O) groups excluding carboxylic acids is 1. The molecule has 6 rings (SSSR count). The Balaban J connectivity index is 1.37. The van der Waals surface area contributed by atoms with Crippen LogP contribution in [0.2, 0.25) is 5.02 Å². The van der Waals surface area contributed by atoms with E-state index in [2.05, 4.69) is 27.0 Å². The maximum atomic E-state index is 12.3. The van der Waals surface area contributed by atoms with Crippen LogP contribution < -0.4 is 5.32 Å². The molecule has 0 saturated heterocycles. The van der Waals surface area contributed by atoms with E-state index in [1.807, 2.05) is 55.5 Å². The van der Waals surface area contributed by atoms with Gasteiger partial charge in [-0.3, -0.25) is 10.3 Å². The summed E-state index contributed by atoms with van der Waals surface area (Å²) in [6, 6.07) is 20.4. The predicted molar refractivity (Wildman–Crippen MR) is 146 cm³/mol. The van der Waals surface area contributed by atoms with Crippen molar-refractivity contribution in [1.29, 1.82) is 5.26 Å². The highest BCUT2D eigenvalue weighted by Crippen LogP contribution is 2.43. The number of ether oxygens (including phenoxy) is 1. The number of anilines is 1. The minimum atomic E-state index is -0.434. The average Bonchev–Trinajstić information content (AvgIpc) is 3.67. The van der Waals surface area contributed by atoms with Crippen molar-refractivity contribution >= 4 is 34.3 Å². The van der Waals surface area contributed by atoms with E-state index in [4.69, 9.17) is 16.3 Å². The number of benzene rings is 2. The molecule has 1 amide bonds. The maximum Gasteiger partial charge on any atom is 0.411 e. The number of aromatic nitrogens is 2. The van der Waals surface area contributed by atoms with Crippen LogP contribution in [0.5, 0.6) is 0 Å². The topological polar surface area (TPSA) is 79.9 Å². The first-order chi connectivity index (χ1) is 18.0. The quantitative estimate of drug-likeness (QED) is 0.285. The van der Waals surface area contributed by atoms with Crippen LogP contribution in [0.15, 0.2) is 60.8 Å². The Morgan fingerprint density at radius 2 is 1.86 bits per heavy atom. The van der Waals surface area contributed by atoms with Gasteiger partial charge in [0.25, 0.3) is 0 Å². The van der Waals surface area contributed by atoms with Crippen molar-refractivity contribution in [2.45, 2.75) is 51.2 Å². The SMILES string of the molecule is C[C@@H](OC(=O)Nc1ccc(-c2c(C#N)c3ccc(-c4ccc(Cl)cn4)cc3n2C2CCC2)cc1)C1CC1. The number of rotatable bonds is 6. The Kier molecular flexibility index (Phi) is 6.10. The van der Waals surface area contributed by atoms with Crippen LogP contribution in [0.3, 0.4) is 0 Å². The zero-order valence-electron chi connectivity index (χ0n) is 20.6. The molecule has 0 unspecified atom stereocenters. The van der Waals surface area contributed by atoms with E-state index in [0.717, 1.165) is 59.1 Å². The van der Waals surface area contributed by atoms with E-state index < -0.39 is 6.09 Å². The number of amides is 1. The third kappa shape index (κ3) is 4.56. The highest BCUT2D eigenvalue weighted by molar-refractivity contribution is 6.30. The molecule has 2 aromatic heterocycles. The number of nitrogens with one attached hydrogen (secondary N) is 1. The number of pyridine rings is 1. The normalized spacial score (nSPS) is 16.1. The standard InChI is InChI=1S/C30H27ClN4O2/c1-18(19-5-6-19)37-30(36)34-23-11-7-20(8-12-23)29-26(16-32)25-13-9-21(27-14-10-22(31)17-33-27)15-28(25)35(29)24-3-2-4-24/h7-15,17-19,24H,2-6H2,1H3,(H,34,36)/t18-/m1/s1. The summed E-state index contributed by atoms with van der Waals surface area (Å²) in [4.78, 5) is 16.8. The fourth-order valence-electron chi connectivity index (χ4n) is 5.13. The zero-order valence-corrected chi connectivity index (χ0v) is 21.3. The molecule has 0 radical (unpaired) electrons. The number of fused-ring (bicyclic) bond motifs is 1. The fourth-order valence-corrected chi connectivity index (χ4v) is 5.24. The first-order valence-corrected chi connectivity index (χ1v) is 13.2. The smallest absolute Gasteiger partial charge is 0.411 e. The molecule has 6 nitrogen and oxygen atoms in total. The number of hydrogen-bond donors (Lipinski definition) is 1. The molecular formula is C30H27ClN4O2. The maximum absolute atomic E-state index is 12.3. The molecule has 0 bridgehead atoms. The van der Waals surface area contributed by atoms with E-state index in [0.29, 0.717) is 28.2 Å². The number of carbonyl (C=O) groups is 1. The molecule has 2 aliphatic rings. The highest BCUT2D eigenvalue weighted by atomic mass is 35.5. The lowest BCUT2D eigenvalue weighted by molar-refractivity contribution is 0.108. The fraction of sp³-hybridized carbons (Fsp3) is 0.300. The summed E-state index contributed by atoms with van der Waals surface area (Å²) < 4.78 is 7.81. The van der Waals surface area contributed by atoms with Gasteiger partial charge in [-0.15, -0.1) is 0 Å². The van der Waals surface area contributed by atoms with Crippen LogP contribution in [0.4, 0.5) is 10.5 Å². The van der Waals surface area contributed by atoms with Crippen molar-refractivity contribution in [2.75, 3.05) is 5.32 Å². The van der Waals surface area contributed by atoms with Gasteiger partial charge in [-0.05, 0) is 80.8 Å². The third-order valence-corrected chi connectivity index (χ3v) is 7.79. The Morgan fingerprint density at radius 3 is 2.49 bits per heavy atom. The molecule has 7 heteroatoms. The number of nitriles is 1. The van der Waals surface area contributed by atoms with E-state index in [1.54, 1.807) is 6.20 Å². The van der Waals surface area contributed by atoms with Gasteiger partial charge in [-0.2, -0.15) is 5.26 Å². The van der Waals surface area contributed by atoms with Gasteiger partial charge in [0.2, 0.25) is 0 Å². The van der Waals surface area contributed by atoms with E-state index in [-0.39, 0.29) is 6.10 Å². The molecule has 2 fully saturated rings. The summed E-state index contributed by atoms with van der Waals surface area (Å²) in [6.45, 7) is 1.94. The lowest BCUT2D eigenvalue weighted by atomic mass is 9.92. The number of hydrogen-bond acceptors (Lipinski definition) is 4. The van der Waals surface area contributed by atoms with Gasteiger partial charge in [0.1, 0.15) is 12.2 Å². The first kappa shape index (κ1) is 23.6. The lowest BCUT2D eigenvalue weighted by Gasteiger charge is -2.30. The molecule has 2 aromatic carbocycles. The summed E-state index contributed by atoms with van der Waals surface area (Å²) >= 11 is 6.04. The predicted octanol–water partition coefficient (Wildman–Crippen LogP) is 7.97. The van der Waals surface area contributed by atoms with Gasteiger partial charge >= 0.3 is 6.09 Å². The molecule has 1 N–H and O–H groups in total. The summed E-state index contributed by atoms with van der Waals surface area (Å²) in [6.07, 6.45) is 6.73. The van der Waals surface area contributed by atoms with Crippen LogP contribution in [-0.4, -0.2) is 21.7 Å². The molecule has 0 spiro atoms. The van der Waals surface area contributed by atoms with Gasteiger partial charge in [-0.25, -0.2) is 4.79 Å². The molecule has 4 aromatic rings. The zero-order chi connectivity index (χ0) is 25.5. The van der Waals surface area contributed by atoms with Crippen molar-refractivity contribution in [2.24, 2.45) is 5.92 Å².